The number of allylic oxidation sites excluding steroid dienone is 1. The largest absolute Gasteiger partial charge is 0.467 e. The maximum atomic E-state index is 12.8. The normalized spacial score (nSPS) is 12.3. The number of amides is 1. The molecule has 0 atom stereocenters. The Hall–Kier alpha value is -3.70. The topological polar surface area (TPSA) is 101 Å². The van der Waals surface area contributed by atoms with Gasteiger partial charge in [-0.1, -0.05) is 12.1 Å². The average Bonchev–Trinajstić information content (AvgIpc) is 3.32. The van der Waals surface area contributed by atoms with Gasteiger partial charge in [-0.15, -0.1) is 17.9 Å². The number of rotatable bonds is 6. The highest BCUT2D eigenvalue weighted by molar-refractivity contribution is 7.07. The van der Waals surface area contributed by atoms with E-state index in [1.165, 1.54) is 16.9 Å². The lowest BCUT2D eigenvalue weighted by Crippen LogP contribution is -2.34. The van der Waals surface area contributed by atoms with E-state index in [0.29, 0.717) is 16.0 Å². The molecule has 0 spiro atoms. The number of nitrogens with one attached hydrogen (secondary N) is 1. The van der Waals surface area contributed by atoms with Gasteiger partial charge in [0, 0.05) is 12.7 Å². The summed E-state index contributed by atoms with van der Waals surface area (Å²) in [6.45, 7) is 3.97. The van der Waals surface area contributed by atoms with Gasteiger partial charge in [0.25, 0.3) is 11.5 Å². The summed E-state index contributed by atoms with van der Waals surface area (Å²) in [7, 11) is 0. The second-order valence-electron chi connectivity index (χ2n) is 5.62. The van der Waals surface area contributed by atoms with Crippen molar-refractivity contribution in [2.45, 2.75) is 13.1 Å². The number of carbonyl (C=O) groups is 1. The van der Waals surface area contributed by atoms with Crippen LogP contribution in [0, 0.1) is 11.3 Å². The molecule has 0 aromatic carbocycles. The second kappa shape index (κ2) is 8.79. The first-order valence-corrected chi connectivity index (χ1v) is 9.14. The Morgan fingerprint density at radius 1 is 1.39 bits per heavy atom. The molecule has 0 aliphatic rings. The molecular formula is C20H16N4O3S. The summed E-state index contributed by atoms with van der Waals surface area (Å²) in [6.07, 6.45) is 6.29. The van der Waals surface area contributed by atoms with Crippen LogP contribution in [0.3, 0.4) is 0 Å². The van der Waals surface area contributed by atoms with E-state index >= 15 is 0 Å². The van der Waals surface area contributed by atoms with Crippen molar-refractivity contribution in [1.82, 2.24) is 14.9 Å². The molecule has 1 N–H and O–H groups in total. The maximum absolute atomic E-state index is 12.8. The molecule has 140 valence electrons. The first-order chi connectivity index (χ1) is 13.6. The molecule has 0 unspecified atom stereocenters. The summed E-state index contributed by atoms with van der Waals surface area (Å²) in [5, 5.41) is 12.2. The van der Waals surface area contributed by atoms with Crippen LogP contribution in [0.25, 0.3) is 11.6 Å². The zero-order valence-electron chi connectivity index (χ0n) is 14.8. The summed E-state index contributed by atoms with van der Waals surface area (Å²) >= 11 is 1.07. The molecule has 8 heteroatoms. The molecule has 3 aromatic heterocycles. The van der Waals surface area contributed by atoms with E-state index in [0.717, 1.165) is 11.3 Å². The van der Waals surface area contributed by atoms with Crippen LogP contribution in [0.1, 0.15) is 11.5 Å². The molecule has 0 aliphatic heterocycles. The third-order valence-corrected chi connectivity index (χ3v) is 4.87. The highest BCUT2D eigenvalue weighted by atomic mass is 32.1. The van der Waals surface area contributed by atoms with Crippen molar-refractivity contribution in [3.8, 4) is 6.07 Å². The van der Waals surface area contributed by atoms with Gasteiger partial charge in [0.1, 0.15) is 16.5 Å². The summed E-state index contributed by atoms with van der Waals surface area (Å²) in [5.41, 5.74) is 0.159. The second-order valence-corrected chi connectivity index (χ2v) is 6.65. The first kappa shape index (κ1) is 19.1. The lowest BCUT2D eigenvalue weighted by molar-refractivity contribution is -0.115. The SMILES string of the molecule is C=CCn1c(=O)/c(=C\c2ccccn2)s/c1=C(/C#N)C(=O)NCc1ccco1. The van der Waals surface area contributed by atoms with Crippen molar-refractivity contribution in [3.05, 3.63) is 86.4 Å². The van der Waals surface area contributed by atoms with Crippen LogP contribution >= 0.6 is 11.3 Å². The van der Waals surface area contributed by atoms with E-state index in [4.69, 9.17) is 4.42 Å². The molecule has 3 heterocycles. The summed E-state index contributed by atoms with van der Waals surface area (Å²) in [5.74, 6) is -0.0215. The lowest BCUT2D eigenvalue weighted by atomic mass is 10.3. The van der Waals surface area contributed by atoms with Gasteiger partial charge in [0.05, 0.1) is 23.0 Å². The van der Waals surface area contributed by atoms with Crippen LogP contribution in [0.15, 0.2) is 64.7 Å². The van der Waals surface area contributed by atoms with Gasteiger partial charge in [-0.25, -0.2) is 0 Å². The van der Waals surface area contributed by atoms with E-state index in [-0.39, 0.29) is 28.9 Å². The van der Waals surface area contributed by atoms with Crippen molar-refractivity contribution < 1.29 is 9.21 Å². The fraction of sp³-hybridized carbons (Fsp3) is 0.100. The predicted octanol–water partition coefficient (Wildman–Crippen LogP) is 0.903. The minimum absolute atomic E-state index is 0.140. The zero-order valence-corrected chi connectivity index (χ0v) is 15.6. The van der Waals surface area contributed by atoms with Gasteiger partial charge in [-0.2, -0.15) is 5.26 Å². The highest BCUT2D eigenvalue weighted by Crippen LogP contribution is 2.01. The number of thiazole rings is 1. The van der Waals surface area contributed by atoms with Gasteiger partial charge in [0.15, 0.2) is 5.57 Å². The molecule has 0 saturated heterocycles. The summed E-state index contributed by atoms with van der Waals surface area (Å²) in [4.78, 5) is 29.5. The van der Waals surface area contributed by atoms with Crippen LogP contribution in [0.4, 0.5) is 0 Å². The monoisotopic (exact) mass is 392 g/mol. The van der Waals surface area contributed by atoms with Gasteiger partial charge >= 0.3 is 0 Å². The van der Waals surface area contributed by atoms with Crippen LogP contribution in [-0.2, 0) is 17.9 Å². The van der Waals surface area contributed by atoms with Crippen molar-refractivity contribution in [3.63, 3.8) is 0 Å². The molecule has 0 radical (unpaired) electrons. The van der Waals surface area contributed by atoms with Gasteiger partial charge in [-0.3, -0.25) is 19.1 Å². The Bertz CT molecular complexity index is 1200. The molecule has 0 bridgehead atoms. The number of furan rings is 1. The van der Waals surface area contributed by atoms with Crippen LogP contribution in [0.5, 0.6) is 0 Å². The Labute approximate surface area is 164 Å². The number of nitriles is 1. The average molecular weight is 392 g/mol. The number of hydrogen-bond donors (Lipinski definition) is 1. The summed E-state index contributed by atoms with van der Waals surface area (Å²) < 4.78 is 7.18. The highest BCUT2D eigenvalue weighted by Gasteiger charge is 2.15. The van der Waals surface area contributed by atoms with E-state index in [1.807, 2.05) is 12.1 Å². The molecule has 0 aliphatic carbocycles. The molecule has 7 nitrogen and oxygen atoms in total. The third kappa shape index (κ3) is 4.16. The van der Waals surface area contributed by atoms with Crippen molar-refractivity contribution >= 4 is 28.9 Å². The molecular weight excluding hydrogens is 376 g/mol. The third-order valence-electron chi connectivity index (χ3n) is 3.74. The standard InChI is InChI=1S/C20H16N4O3S/c1-2-9-24-19(26)17(11-14-6-3-4-8-22-14)28-20(24)16(12-21)18(25)23-13-15-7-5-10-27-15/h2-8,10-11H,1,9,13H2,(H,23,25)/b17-11+,20-16-. The summed E-state index contributed by atoms with van der Waals surface area (Å²) in [6, 6.07) is 10.7. The van der Waals surface area contributed by atoms with Gasteiger partial charge < -0.3 is 9.73 Å². The number of hydrogen-bond acceptors (Lipinski definition) is 6. The van der Waals surface area contributed by atoms with Crippen LogP contribution < -0.4 is 20.1 Å². The van der Waals surface area contributed by atoms with E-state index in [1.54, 1.807) is 36.5 Å². The van der Waals surface area contributed by atoms with Gasteiger partial charge in [-0.05, 0) is 30.3 Å². The van der Waals surface area contributed by atoms with Crippen LogP contribution in [0.2, 0.25) is 0 Å². The molecule has 28 heavy (non-hydrogen) atoms. The van der Waals surface area contributed by atoms with Crippen molar-refractivity contribution in [2.75, 3.05) is 0 Å². The van der Waals surface area contributed by atoms with Crippen molar-refractivity contribution in [1.29, 1.82) is 5.26 Å². The minimum Gasteiger partial charge on any atom is -0.467 e. The Kier molecular flexibility index (Phi) is 5.99. The fourth-order valence-corrected chi connectivity index (χ4v) is 3.55. The lowest BCUT2D eigenvalue weighted by Gasteiger charge is -2.02. The van der Waals surface area contributed by atoms with E-state index in [9.17, 15) is 14.9 Å². The smallest absolute Gasteiger partial charge is 0.269 e. The van der Waals surface area contributed by atoms with E-state index < -0.39 is 5.91 Å². The van der Waals surface area contributed by atoms with Gasteiger partial charge in [0.2, 0.25) is 0 Å². The fourth-order valence-electron chi connectivity index (χ4n) is 2.46. The number of aromatic nitrogens is 2. The predicted molar refractivity (Wildman–Crippen MR) is 105 cm³/mol. The molecule has 1 amide bonds. The first-order valence-electron chi connectivity index (χ1n) is 8.32. The number of pyridine rings is 1. The van der Waals surface area contributed by atoms with Crippen molar-refractivity contribution in [2.24, 2.45) is 0 Å². The molecule has 0 saturated carbocycles. The minimum atomic E-state index is -0.581. The molecule has 3 aromatic rings. The Balaban J connectivity index is 2.09. The quantitative estimate of drug-likeness (QED) is 0.628. The molecule has 0 fully saturated rings. The van der Waals surface area contributed by atoms with Crippen LogP contribution in [-0.4, -0.2) is 15.5 Å². The Morgan fingerprint density at radius 2 is 2.25 bits per heavy atom. The molecule has 3 rings (SSSR count). The zero-order chi connectivity index (χ0) is 19.9. The van der Waals surface area contributed by atoms with E-state index in [2.05, 4.69) is 16.9 Å². The number of carbonyl (C=O) groups excluding carboxylic acids is 1. The Morgan fingerprint density at radius 3 is 2.89 bits per heavy atom. The number of nitrogens with zero attached hydrogens (tertiary/aromatic N) is 3. The maximum Gasteiger partial charge on any atom is 0.269 e.